The van der Waals surface area contributed by atoms with E-state index in [4.69, 9.17) is 0 Å². The summed E-state index contributed by atoms with van der Waals surface area (Å²) in [6, 6.07) is 9.38. The highest BCUT2D eigenvalue weighted by Gasteiger charge is 2.33. The van der Waals surface area contributed by atoms with E-state index in [0.717, 1.165) is 22.2 Å². The predicted molar refractivity (Wildman–Crippen MR) is 104 cm³/mol. The normalized spacial score (nSPS) is 16.4. The van der Waals surface area contributed by atoms with Crippen molar-refractivity contribution in [3.63, 3.8) is 0 Å². The van der Waals surface area contributed by atoms with Crippen molar-refractivity contribution in [1.82, 2.24) is 19.7 Å². The lowest BCUT2D eigenvalue weighted by Crippen LogP contribution is -2.40. The van der Waals surface area contributed by atoms with E-state index in [1.165, 1.54) is 0 Å². The topological polar surface area (TPSA) is 88.3 Å². The van der Waals surface area contributed by atoms with E-state index in [1.54, 1.807) is 18.0 Å². The fourth-order valence-electron chi connectivity index (χ4n) is 3.80. The number of hydrogen-bond donors (Lipinski definition) is 1. The molecule has 7 heteroatoms. The van der Waals surface area contributed by atoms with E-state index in [1.807, 2.05) is 48.9 Å². The molecular weight excluding hydrogens is 356 g/mol. The molecule has 0 saturated carbocycles. The number of carbonyl (C=O) groups excluding carboxylic acids is 1. The Bertz CT molecular complexity index is 1090. The van der Waals surface area contributed by atoms with Gasteiger partial charge in [0.25, 0.3) is 5.91 Å². The molecule has 7 nitrogen and oxygen atoms in total. The van der Waals surface area contributed by atoms with E-state index in [-0.39, 0.29) is 18.5 Å². The van der Waals surface area contributed by atoms with Crippen molar-refractivity contribution in [1.29, 1.82) is 0 Å². The monoisotopic (exact) mass is 378 g/mol. The number of aromatic nitrogens is 3. The van der Waals surface area contributed by atoms with Crippen LogP contribution in [0.2, 0.25) is 0 Å². The molecule has 0 spiro atoms. The third-order valence-corrected chi connectivity index (χ3v) is 5.26. The van der Waals surface area contributed by atoms with Crippen molar-refractivity contribution in [3.8, 4) is 0 Å². The Kier molecular flexibility index (Phi) is 4.37. The number of nitrogens with zero attached hydrogens (tertiary/aromatic N) is 4. The number of carbonyl (C=O) groups is 2. The Balaban J connectivity index is 1.72. The van der Waals surface area contributed by atoms with E-state index in [9.17, 15) is 14.7 Å². The first kappa shape index (κ1) is 18.2. The molecule has 3 aromatic rings. The largest absolute Gasteiger partial charge is 0.481 e. The minimum Gasteiger partial charge on any atom is -0.481 e. The van der Waals surface area contributed by atoms with Crippen LogP contribution in [0.1, 0.15) is 53.0 Å². The summed E-state index contributed by atoms with van der Waals surface area (Å²) in [5, 5.41) is 14.8. The van der Waals surface area contributed by atoms with E-state index < -0.39 is 11.9 Å². The number of rotatable bonds is 3. The SMILES string of the molecule is Cc1nc2c(cnn2C(C)C)cc1C(=O)N1Cc2ccccc2C(C(=O)O)C1. The minimum atomic E-state index is -0.923. The van der Waals surface area contributed by atoms with Crippen molar-refractivity contribution in [2.24, 2.45) is 0 Å². The maximum Gasteiger partial charge on any atom is 0.312 e. The zero-order valence-electron chi connectivity index (χ0n) is 16.1. The molecule has 28 heavy (non-hydrogen) atoms. The summed E-state index contributed by atoms with van der Waals surface area (Å²) < 4.78 is 1.83. The molecule has 1 aliphatic heterocycles. The minimum absolute atomic E-state index is 0.147. The van der Waals surface area contributed by atoms with E-state index >= 15 is 0 Å². The van der Waals surface area contributed by atoms with Crippen molar-refractivity contribution in [2.75, 3.05) is 6.54 Å². The average Bonchev–Trinajstić information content (AvgIpc) is 3.08. The second kappa shape index (κ2) is 6.74. The Hall–Kier alpha value is -3.22. The third-order valence-electron chi connectivity index (χ3n) is 5.26. The molecule has 4 rings (SSSR count). The van der Waals surface area contributed by atoms with Gasteiger partial charge in [0, 0.05) is 24.5 Å². The molecule has 1 amide bonds. The Morgan fingerprint density at radius 3 is 2.71 bits per heavy atom. The highest BCUT2D eigenvalue weighted by molar-refractivity contribution is 5.98. The van der Waals surface area contributed by atoms with Crippen molar-refractivity contribution < 1.29 is 14.7 Å². The maximum atomic E-state index is 13.2. The van der Waals surface area contributed by atoms with Crippen molar-refractivity contribution >= 4 is 22.9 Å². The first-order valence-corrected chi connectivity index (χ1v) is 9.31. The van der Waals surface area contributed by atoms with Crippen LogP contribution >= 0.6 is 0 Å². The van der Waals surface area contributed by atoms with Gasteiger partial charge in [0.1, 0.15) is 0 Å². The fraction of sp³-hybridized carbons (Fsp3) is 0.333. The second-order valence-electron chi connectivity index (χ2n) is 7.49. The molecule has 1 aliphatic rings. The molecule has 1 atom stereocenters. The van der Waals surface area contributed by atoms with Gasteiger partial charge in [-0.15, -0.1) is 0 Å². The van der Waals surface area contributed by atoms with Crippen LogP contribution in [0.3, 0.4) is 0 Å². The van der Waals surface area contributed by atoms with Gasteiger partial charge in [0.15, 0.2) is 5.65 Å². The lowest BCUT2D eigenvalue weighted by molar-refractivity contribution is -0.139. The first-order chi connectivity index (χ1) is 13.4. The van der Waals surface area contributed by atoms with Gasteiger partial charge in [-0.2, -0.15) is 5.10 Å². The van der Waals surface area contributed by atoms with Gasteiger partial charge in [-0.3, -0.25) is 9.59 Å². The lowest BCUT2D eigenvalue weighted by Gasteiger charge is -2.33. The van der Waals surface area contributed by atoms with Crippen LogP contribution in [0.5, 0.6) is 0 Å². The van der Waals surface area contributed by atoms with E-state index in [2.05, 4.69) is 10.1 Å². The zero-order chi connectivity index (χ0) is 20.0. The van der Waals surface area contributed by atoms with Crippen LogP contribution < -0.4 is 0 Å². The molecule has 0 fully saturated rings. The van der Waals surface area contributed by atoms with Crippen LogP contribution in [-0.4, -0.2) is 43.2 Å². The molecule has 1 unspecified atom stereocenters. The summed E-state index contributed by atoms with van der Waals surface area (Å²) in [6.07, 6.45) is 1.71. The van der Waals surface area contributed by atoms with Crippen LogP contribution in [0, 0.1) is 6.92 Å². The van der Waals surface area contributed by atoms with Crippen LogP contribution in [-0.2, 0) is 11.3 Å². The molecule has 1 aromatic carbocycles. The highest BCUT2D eigenvalue weighted by Crippen LogP contribution is 2.30. The second-order valence-corrected chi connectivity index (χ2v) is 7.49. The smallest absolute Gasteiger partial charge is 0.312 e. The number of pyridine rings is 1. The number of benzene rings is 1. The van der Waals surface area contributed by atoms with Crippen LogP contribution in [0.4, 0.5) is 0 Å². The molecule has 0 bridgehead atoms. The summed E-state index contributed by atoms with van der Waals surface area (Å²) >= 11 is 0. The number of carboxylic acids is 1. The lowest BCUT2D eigenvalue weighted by atomic mass is 9.89. The Morgan fingerprint density at radius 1 is 1.25 bits per heavy atom. The Morgan fingerprint density at radius 2 is 2.00 bits per heavy atom. The summed E-state index contributed by atoms with van der Waals surface area (Å²) in [6.45, 7) is 6.39. The molecule has 0 saturated heterocycles. The first-order valence-electron chi connectivity index (χ1n) is 9.31. The van der Waals surface area contributed by atoms with Gasteiger partial charge < -0.3 is 10.0 Å². The standard InChI is InChI=1S/C21H22N4O3/c1-12(2)25-19-15(9-22-25)8-17(13(3)23-19)20(26)24-10-14-6-4-5-7-16(14)18(11-24)21(27)28/h4-9,12,18H,10-11H2,1-3H3,(H,27,28). The summed E-state index contributed by atoms with van der Waals surface area (Å²) in [5.41, 5.74) is 3.50. The van der Waals surface area contributed by atoms with Gasteiger partial charge in [-0.1, -0.05) is 24.3 Å². The molecule has 0 radical (unpaired) electrons. The number of aryl methyl sites for hydroxylation is 1. The van der Waals surface area contributed by atoms with E-state index in [0.29, 0.717) is 17.8 Å². The number of aliphatic carboxylic acids is 1. The van der Waals surface area contributed by atoms with Gasteiger partial charge in [-0.25, -0.2) is 9.67 Å². The molecule has 3 heterocycles. The zero-order valence-corrected chi connectivity index (χ0v) is 16.1. The predicted octanol–water partition coefficient (Wildman–Crippen LogP) is 3.14. The molecule has 2 aromatic heterocycles. The van der Waals surface area contributed by atoms with Crippen LogP contribution in [0.15, 0.2) is 36.5 Å². The molecular formula is C21H22N4O3. The Labute approximate surface area is 162 Å². The van der Waals surface area contributed by atoms with Gasteiger partial charge >= 0.3 is 5.97 Å². The van der Waals surface area contributed by atoms with Gasteiger partial charge in [-0.05, 0) is 38.0 Å². The number of carboxylic acid groups (broad SMARTS) is 1. The van der Waals surface area contributed by atoms with Gasteiger partial charge in [0.2, 0.25) is 0 Å². The molecule has 0 aliphatic carbocycles. The number of amides is 1. The number of fused-ring (bicyclic) bond motifs is 2. The quantitative estimate of drug-likeness (QED) is 0.756. The number of hydrogen-bond acceptors (Lipinski definition) is 4. The molecule has 144 valence electrons. The van der Waals surface area contributed by atoms with Crippen molar-refractivity contribution in [2.45, 2.75) is 39.3 Å². The van der Waals surface area contributed by atoms with Crippen LogP contribution in [0.25, 0.3) is 11.0 Å². The van der Waals surface area contributed by atoms with Crippen molar-refractivity contribution in [3.05, 3.63) is 58.9 Å². The van der Waals surface area contributed by atoms with Gasteiger partial charge in [0.05, 0.1) is 23.4 Å². The summed E-state index contributed by atoms with van der Waals surface area (Å²) in [4.78, 5) is 31.2. The molecule has 1 N–H and O–H groups in total. The maximum absolute atomic E-state index is 13.2. The fourth-order valence-corrected chi connectivity index (χ4v) is 3.80. The highest BCUT2D eigenvalue weighted by atomic mass is 16.4. The third kappa shape index (κ3) is 2.93. The summed E-state index contributed by atoms with van der Waals surface area (Å²) in [7, 11) is 0. The average molecular weight is 378 g/mol. The summed E-state index contributed by atoms with van der Waals surface area (Å²) in [5.74, 6) is -1.85.